The lowest BCUT2D eigenvalue weighted by molar-refractivity contribution is 0.0697. The molecule has 0 aliphatic heterocycles. The van der Waals surface area contributed by atoms with E-state index in [-0.39, 0.29) is 11.3 Å². The second kappa shape index (κ2) is 6.94. The minimum atomic E-state index is -0.964. The van der Waals surface area contributed by atoms with Crippen LogP contribution in [0.15, 0.2) is 66.7 Å². The molecule has 0 saturated carbocycles. The molecule has 4 nitrogen and oxygen atoms in total. The summed E-state index contributed by atoms with van der Waals surface area (Å²) in [5, 5.41) is 19.9. The molecule has 0 amide bonds. The van der Waals surface area contributed by atoms with Crippen LogP contribution in [0.25, 0.3) is 20.8 Å². The lowest BCUT2D eigenvalue weighted by Crippen LogP contribution is -1.94. The highest BCUT2D eigenvalue weighted by atomic mass is 32.1. The Labute approximate surface area is 159 Å². The number of carboxylic acids is 1. The first-order chi connectivity index (χ1) is 13.1. The van der Waals surface area contributed by atoms with Gasteiger partial charge in [0.25, 0.3) is 0 Å². The molecule has 5 heteroatoms. The zero-order chi connectivity index (χ0) is 18.8. The highest BCUT2D eigenvalue weighted by molar-refractivity contribution is 7.21. The molecule has 0 unspecified atom stereocenters. The Hall–Kier alpha value is -3.62. The summed E-state index contributed by atoms with van der Waals surface area (Å²) in [6.45, 7) is 0. The number of phenols is 1. The van der Waals surface area contributed by atoms with Crippen LogP contribution >= 0.6 is 11.3 Å². The average molecular weight is 371 g/mol. The van der Waals surface area contributed by atoms with Gasteiger partial charge in [-0.2, -0.15) is 0 Å². The number of hydrogen-bond acceptors (Lipinski definition) is 4. The zero-order valence-electron chi connectivity index (χ0n) is 14.0. The van der Waals surface area contributed by atoms with E-state index in [1.165, 1.54) is 23.5 Å². The fourth-order valence-corrected chi connectivity index (χ4v) is 3.60. The van der Waals surface area contributed by atoms with Crippen molar-refractivity contribution in [2.75, 3.05) is 0 Å². The topological polar surface area (TPSA) is 70.4 Å². The number of aromatic nitrogens is 1. The summed E-state index contributed by atoms with van der Waals surface area (Å²) in [5.41, 5.74) is 3.22. The minimum Gasteiger partial charge on any atom is -0.507 e. The number of carboxylic acid groups (broad SMARTS) is 1. The van der Waals surface area contributed by atoms with Crippen LogP contribution in [0.2, 0.25) is 0 Å². The Morgan fingerprint density at radius 1 is 0.926 bits per heavy atom. The smallest absolute Gasteiger partial charge is 0.335 e. The summed E-state index contributed by atoms with van der Waals surface area (Å²) in [7, 11) is 0. The lowest BCUT2D eigenvalue weighted by Gasteiger charge is -2.01. The number of carbonyl (C=O) groups is 1. The van der Waals surface area contributed by atoms with Gasteiger partial charge in [0.1, 0.15) is 10.8 Å². The van der Waals surface area contributed by atoms with Crippen LogP contribution in [-0.2, 0) is 0 Å². The van der Waals surface area contributed by atoms with Gasteiger partial charge in [-0.3, -0.25) is 0 Å². The van der Waals surface area contributed by atoms with E-state index in [2.05, 4.69) is 16.8 Å². The first-order valence-electron chi connectivity index (χ1n) is 8.14. The van der Waals surface area contributed by atoms with Crippen molar-refractivity contribution >= 4 is 27.5 Å². The molecule has 0 saturated heterocycles. The van der Waals surface area contributed by atoms with E-state index in [1.54, 1.807) is 24.3 Å². The molecule has 0 spiro atoms. The molecule has 4 rings (SSSR count). The molecule has 0 bridgehead atoms. The molecular formula is C22H13NO3S. The Kier molecular flexibility index (Phi) is 4.33. The molecule has 130 valence electrons. The molecule has 27 heavy (non-hydrogen) atoms. The van der Waals surface area contributed by atoms with Crippen molar-refractivity contribution in [1.82, 2.24) is 4.98 Å². The first-order valence-corrected chi connectivity index (χ1v) is 8.96. The van der Waals surface area contributed by atoms with Gasteiger partial charge in [-0.05, 0) is 54.6 Å². The molecule has 0 aliphatic rings. The fraction of sp³-hybridized carbons (Fsp3) is 0. The van der Waals surface area contributed by atoms with Crippen molar-refractivity contribution in [3.8, 4) is 28.2 Å². The largest absolute Gasteiger partial charge is 0.507 e. The Morgan fingerprint density at radius 2 is 1.63 bits per heavy atom. The van der Waals surface area contributed by atoms with E-state index in [0.717, 1.165) is 26.4 Å². The molecule has 3 aromatic carbocycles. The van der Waals surface area contributed by atoms with Crippen LogP contribution in [0, 0.1) is 11.8 Å². The normalized spacial score (nSPS) is 10.4. The molecule has 1 aromatic heterocycles. The highest BCUT2D eigenvalue weighted by Gasteiger charge is 2.10. The van der Waals surface area contributed by atoms with E-state index in [1.807, 2.05) is 30.3 Å². The van der Waals surface area contributed by atoms with Gasteiger partial charge < -0.3 is 10.2 Å². The number of thiazole rings is 1. The standard InChI is InChI=1S/C22H13NO3S/c24-19-12-9-15(6-5-14-7-10-16(11-8-14)22(25)26)13-17(19)21-23-18-3-1-2-4-20(18)27-21/h1-4,7-13,24H,(H,25,26). The Balaban J connectivity index is 1.67. The third-order valence-electron chi connectivity index (χ3n) is 4.00. The summed E-state index contributed by atoms with van der Waals surface area (Å²) < 4.78 is 1.06. The molecule has 4 aromatic rings. The molecule has 1 heterocycles. The SMILES string of the molecule is O=C(O)c1ccc(C#Cc2ccc(O)c(-c3nc4ccccc4s3)c2)cc1. The fourth-order valence-electron chi connectivity index (χ4n) is 2.61. The summed E-state index contributed by atoms with van der Waals surface area (Å²) >= 11 is 1.52. The molecule has 0 aliphatic carbocycles. The Bertz CT molecular complexity index is 1180. The van der Waals surface area contributed by atoms with Gasteiger partial charge in [0.05, 0.1) is 21.3 Å². The van der Waals surface area contributed by atoms with Gasteiger partial charge in [0.2, 0.25) is 0 Å². The van der Waals surface area contributed by atoms with Crippen LogP contribution in [-0.4, -0.2) is 21.2 Å². The lowest BCUT2D eigenvalue weighted by atomic mass is 10.1. The van der Waals surface area contributed by atoms with Crippen molar-refractivity contribution in [2.24, 2.45) is 0 Å². The Morgan fingerprint density at radius 3 is 2.37 bits per heavy atom. The van der Waals surface area contributed by atoms with Crippen LogP contribution in [0.3, 0.4) is 0 Å². The second-order valence-electron chi connectivity index (χ2n) is 5.85. The summed E-state index contributed by atoms with van der Waals surface area (Å²) in [5.74, 6) is 5.25. The van der Waals surface area contributed by atoms with Crippen LogP contribution in [0.5, 0.6) is 5.75 Å². The van der Waals surface area contributed by atoms with Crippen LogP contribution in [0.1, 0.15) is 21.5 Å². The van der Waals surface area contributed by atoms with E-state index in [9.17, 15) is 9.90 Å². The number of aromatic carboxylic acids is 1. The van der Waals surface area contributed by atoms with E-state index in [4.69, 9.17) is 5.11 Å². The van der Waals surface area contributed by atoms with Crippen molar-refractivity contribution in [3.63, 3.8) is 0 Å². The van der Waals surface area contributed by atoms with Crippen molar-refractivity contribution in [1.29, 1.82) is 0 Å². The number of rotatable bonds is 2. The number of aromatic hydroxyl groups is 1. The van der Waals surface area contributed by atoms with Gasteiger partial charge in [-0.15, -0.1) is 11.3 Å². The summed E-state index contributed by atoms with van der Waals surface area (Å²) in [4.78, 5) is 15.5. The number of benzene rings is 3. The highest BCUT2D eigenvalue weighted by Crippen LogP contribution is 2.35. The molecular weight excluding hydrogens is 358 g/mol. The number of fused-ring (bicyclic) bond motifs is 1. The average Bonchev–Trinajstić information content (AvgIpc) is 3.11. The van der Waals surface area contributed by atoms with Gasteiger partial charge in [-0.1, -0.05) is 24.0 Å². The zero-order valence-corrected chi connectivity index (χ0v) is 14.8. The maximum Gasteiger partial charge on any atom is 0.335 e. The van der Waals surface area contributed by atoms with Crippen LogP contribution < -0.4 is 0 Å². The van der Waals surface area contributed by atoms with Gasteiger partial charge in [0, 0.05) is 11.1 Å². The maximum absolute atomic E-state index is 10.9. The van der Waals surface area contributed by atoms with Gasteiger partial charge in [-0.25, -0.2) is 9.78 Å². The predicted octanol–water partition coefficient (Wildman–Crippen LogP) is 4.77. The third kappa shape index (κ3) is 3.52. The van der Waals surface area contributed by atoms with E-state index in [0.29, 0.717) is 5.56 Å². The molecule has 0 atom stereocenters. The number of para-hydroxylation sites is 1. The third-order valence-corrected chi connectivity index (χ3v) is 5.07. The summed E-state index contributed by atoms with van der Waals surface area (Å²) in [6.07, 6.45) is 0. The van der Waals surface area contributed by atoms with E-state index < -0.39 is 5.97 Å². The van der Waals surface area contributed by atoms with Crippen molar-refractivity contribution in [3.05, 3.63) is 83.4 Å². The number of nitrogens with zero attached hydrogens (tertiary/aromatic N) is 1. The second-order valence-corrected chi connectivity index (χ2v) is 6.88. The minimum absolute atomic E-state index is 0.158. The van der Waals surface area contributed by atoms with Crippen LogP contribution in [0.4, 0.5) is 0 Å². The first kappa shape index (κ1) is 16.8. The summed E-state index contributed by atoms with van der Waals surface area (Å²) in [6, 6.07) is 19.4. The quantitative estimate of drug-likeness (QED) is 0.498. The van der Waals surface area contributed by atoms with Crippen molar-refractivity contribution in [2.45, 2.75) is 0 Å². The maximum atomic E-state index is 10.9. The van der Waals surface area contributed by atoms with Crippen molar-refractivity contribution < 1.29 is 15.0 Å². The number of hydrogen-bond donors (Lipinski definition) is 2. The molecule has 0 fully saturated rings. The molecule has 2 N–H and O–H groups in total. The number of phenolic OH excluding ortho intramolecular Hbond substituents is 1. The van der Waals surface area contributed by atoms with Gasteiger partial charge in [0.15, 0.2) is 0 Å². The predicted molar refractivity (Wildman–Crippen MR) is 106 cm³/mol. The van der Waals surface area contributed by atoms with E-state index >= 15 is 0 Å². The molecule has 0 radical (unpaired) electrons. The monoisotopic (exact) mass is 371 g/mol. The van der Waals surface area contributed by atoms with Gasteiger partial charge >= 0.3 is 5.97 Å².